The fourth-order valence-corrected chi connectivity index (χ4v) is 1.82. The normalized spacial score (nSPS) is 10.4. The van der Waals surface area contributed by atoms with Crippen molar-refractivity contribution in [3.63, 3.8) is 0 Å². The van der Waals surface area contributed by atoms with Crippen molar-refractivity contribution in [3.05, 3.63) is 60.6 Å². The zero-order valence-corrected chi connectivity index (χ0v) is 10.3. The molecule has 0 saturated carbocycles. The molecular weight excluding hydrogens is 256 g/mol. The molecule has 0 radical (unpaired) electrons. The molecule has 0 aliphatic rings. The fourth-order valence-electron chi connectivity index (χ4n) is 1.82. The lowest BCUT2D eigenvalue weighted by atomic mass is 10.2. The first-order valence-electron chi connectivity index (χ1n) is 5.90. The maximum Gasteiger partial charge on any atom is 0.335 e. The quantitative estimate of drug-likeness (QED) is 0.784. The Balaban J connectivity index is 1.98. The number of hydrogen-bond acceptors (Lipinski definition) is 4. The van der Waals surface area contributed by atoms with Crippen LogP contribution in [0.1, 0.15) is 10.4 Å². The number of carboxylic acids is 1. The van der Waals surface area contributed by atoms with Gasteiger partial charge in [-0.05, 0) is 30.3 Å². The van der Waals surface area contributed by atoms with Gasteiger partial charge in [0.15, 0.2) is 0 Å². The molecule has 2 heterocycles. The molecule has 6 nitrogen and oxygen atoms in total. The van der Waals surface area contributed by atoms with Crippen molar-refractivity contribution < 1.29 is 9.90 Å². The topological polar surface area (TPSA) is 80.9 Å². The molecule has 0 saturated heterocycles. The van der Waals surface area contributed by atoms with Crippen LogP contribution in [0.4, 0.5) is 0 Å². The van der Waals surface area contributed by atoms with Gasteiger partial charge in [0.05, 0.1) is 17.4 Å². The van der Waals surface area contributed by atoms with Crippen molar-refractivity contribution in [2.24, 2.45) is 0 Å². The lowest BCUT2D eigenvalue weighted by Gasteiger charge is -2.01. The summed E-state index contributed by atoms with van der Waals surface area (Å²) in [6.07, 6.45) is 5.12. The summed E-state index contributed by atoms with van der Waals surface area (Å²) >= 11 is 0. The van der Waals surface area contributed by atoms with Gasteiger partial charge in [-0.15, -0.1) is 5.10 Å². The highest BCUT2D eigenvalue weighted by atomic mass is 16.4. The van der Waals surface area contributed by atoms with Crippen molar-refractivity contribution in [1.29, 1.82) is 0 Å². The van der Waals surface area contributed by atoms with Crippen LogP contribution in [0, 0.1) is 0 Å². The van der Waals surface area contributed by atoms with Crippen LogP contribution in [0.3, 0.4) is 0 Å². The van der Waals surface area contributed by atoms with Crippen LogP contribution in [0.25, 0.3) is 16.9 Å². The highest BCUT2D eigenvalue weighted by Gasteiger charge is 2.08. The van der Waals surface area contributed by atoms with Gasteiger partial charge in [0.2, 0.25) is 0 Å². The number of hydrogen-bond donors (Lipinski definition) is 1. The summed E-state index contributed by atoms with van der Waals surface area (Å²) < 4.78 is 1.54. The standard InChI is InChI=1S/C14H10N4O2/c19-14(20)10-3-1-5-12(7-10)18-9-13(16-17-18)11-4-2-6-15-8-11/h1-9H,(H,19,20). The maximum absolute atomic E-state index is 11.0. The molecule has 98 valence electrons. The van der Waals surface area contributed by atoms with Crippen LogP contribution < -0.4 is 0 Å². The first-order chi connectivity index (χ1) is 9.74. The van der Waals surface area contributed by atoms with E-state index in [1.807, 2.05) is 12.1 Å². The van der Waals surface area contributed by atoms with Gasteiger partial charge in [0, 0.05) is 18.0 Å². The largest absolute Gasteiger partial charge is 0.478 e. The summed E-state index contributed by atoms with van der Waals surface area (Å²) in [5.41, 5.74) is 2.39. The zero-order valence-electron chi connectivity index (χ0n) is 10.3. The van der Waals surface area contributed by atoms with Crippen LogP contribution in [0.2, 0.25) is 0 Å². The zero-order chi connectivity index (χ0) is 13.9. The molecule has 1 aromatic carbocycles. The smallest absolute Gasteiger partial charge is 0.335 e. The number of carboxylic acid groups (broad SMARTS) is 1. The molecule has 20 heavy (non-hydrogen) atoms. The van der Waals surface area contributed by atoms with Crippen molar-refractivity contribution >= 4 is 5.97 Å². The summed E-state index contributed by atoms with van der Waals surface area (Å²) in [5, 5.41) is 17.1. The second-order valence-electron chi connectivity index (χ2n) is 4.15. The molecule has 2 aromatic heterocycles. The number of carbonyl (C=O) groups is 1. The van der Waals surface area contributed by atoms with Gasteiger partial charge < -0.3 is 5.11 Å². The molecule has 0 aliphatic heterocycles. The number of aromatic nitrogens is 4. The highest BCUT2D eigenvalue weighted by molar-refractivity contribution is 5.88. The third-order valence-electron chi connectivity index (χ3n) is 2.81. The third kappa shape index (κ3) is 2.26. The van der Waals surface area contributed by atoms with E-state index in [1.54, 1.807) is 36.8 Å². The molecule has 0 spiro atoms. The van der Waals surface area contributed by atoms with Crippen molar-refractivity contribution in [1.82, 2.24) is 20.0 Å². The number of pyridine rings is 1. The van der Waals surface area contributed by atoms with Crippen molar-refractivity contribution in [2.45, 2.75) is 0 Å². The minimum absolute atomic E-state index is 0.209. The van der Waals surface area contributed by atoms with E-state index in [1.165, 1.54) is 10.7 Å². The number of benzene rings is 1. The van der Waals surface area contributed by atoms with Crippen LogP contribution in [0.5, 0.6) is 0 Å². The lowest BCUT2D eigenvalue weighted by Crippen LogP contribution is -2.00. The van der Waals surface area contributed by atoms with Crippen molar-refractivity contribution in [3.8, 4) is 16.9 Å². The van der Waals surface area contributed by atoms with E-state index >= 15 is 0 Å². The first-order valence-corrected chi connectivity index (χ1v) is 5.90. The monoisotopic (exact) mass is 266 g/mol. The minimum atomic E-state index is -0.973. The van der Waals surface area contributed by atoms with E-state index in [9.17, 15) is 4.79 Å². The van der Waals surface area contributed by atoms with E-state index in [-0.39, 0.29) is 5.56 Å². The van der Waals surface area contributed by atoms with Gasteiger partial charge in [0.25, 0.3) is 0 Å². The molecule has 0 fully saturated rings. The Morgan fingerprint density at radius 2 is 2.10 bits per heavy atom. The summed E-state index contributed by atoms with van der Waals surface area (Å²) in [5.74, 6) is -0.973. The summed E-state index contributed by atoms with van der Waals surface area (Å²) in [6.45, 7) is 0. The maximum atomic E-state index is 11.0. The minimum Gasteiger partial charge on any atom is -0.478 e. The summed E-state index contributed by atoms with van der Waals surface area (Å²) in [6, 6.07) is 10.2. The van der Waals surface area contributed by atoms with Crippen LogP contribution >= 0.6 is 0 Å². The third-order valence-corrected chi connectivity index (χ3v) is 2.81. The van der Waals surface area contributed by atoms with E-state index in [4.69, 9.17) is 5.11 Å². The van der Waals surface area contributed by atoms with E-state index < -0.39 is 5.97 Å². The Morgan fingerprint density at radius 1 is 1.20 bits per heavy atom. The molecule has 1 N–H and O–H groups in total. The van der Waals surface area contributed by atoms with Gasteiger partial charge in [-0.25, -0.2) is 9.48 Å². The SMILES string of the molecule is O=C(O)c1cccc(-n2cc(-c3cccnc3)nn2)c1. The first kappa shape index (κ1) is 12.0. The Kier molecular flexibility index (Phi) is 2.96. The Morgan fingerprint density at radius 3 is 2.85 bits per heavy atom. The van der Waals surface area contributed by atoms with E-state index in [0.717, 1.165) is 5.56 Å². The van der Waals surface area contributed by atoms with Crippen LogP contribution in [0.15, 0.2) is 55.0 Å². The van der Waals surface area contributed by atoms with Crippen LogP contribution in [-0.2, 0) is 0 Å². The van der Waals surface area contributed by atoms with Gasteiger partial charge in [-0.3, -0.25) is 4.98 Å². The van der Waals surface area contributed by atoms with Crippen molar-refractivity contribution in [2.75, 3.05) is 0 Å². The van der Waals surface area contributed by atoms with Gasteiger partial charge >= 0.3 is 5.97 Å². The van der Waals surface area contributed by atoms with Crippen LogP contribution in [-0.4, -0.2) is 31.1 Å². The Bertz CT molecular complexity index is 753. The molecule has 0 unspecified atom stereocenters. The lowest BCUT2D eigenvalue weighted by molar-refractivity contribution is 0.0697. The highest BCUT2D eigenvalue weighted by Crippen LogP contribution is 2.16. The Labute approximate surface area is 114 Å². The second-order valence-corrected chi connectivity index (χ2v) is 4.15. The molecule has 0 bridgehead atoms. The number of nitrogens with zero attached hydrogens (tertiary/aromatic N) is 4. The fraction of sp³-hybridized carbons (Fsp3) is 0. The average Bonchev–Trinajstić information content (AvgIpc) is 2.98. The average molecular weight is 266 g/mol. The molecule has 6 heteroatoms. The predicted molar refractivity (Wildman–Crippen MR) is 71.5 cm³/mol. The molecule has 0 amide bonds. The summed E-state index contributed by atoms with van der Waals surface area (Å²) in [7, 11) is 0. The second kappa shape index (κ2) is 4.93. The molecule has 3 rings (SSSR count). The van der Waals surface area contributed by atoms with E-state index in [0.29, 0.717) is 11.4 Å². The molecule has 0 atom stereocenters. The van der Waals surface area contributed by atoms with Gasteiger partial charge in [-0.2, -0.15) is 0 Å². The molecule has 3 aromatic rings. The number of rotatable bonds is 3. The Hall–Kier alpha value is -3.02. The number of aromatic carboxylic acids is 1. The summed E-state index contributed by atoms with van der Waals surface area (Å²) in [4.78, 5) is 15.0. The van der Waals surface area contributed by atoms with Gasteiger partial charge in [0.1, 0.15) is 5.69 Å². The predicted octanol–water partition coefficient (Wildman–Crippen LogP) is 2.03. The molecule has 0 aliphatic carbocycles. The van der Waals surface area contributed by atoms with E-state index in [2.05, 4.69) is 15.3 Å². The molecular formula is C14H10N4O2. The van der Waals surface area contributed by atoms with Gasteiger partial charge in [-0.1, -0.05) is 11.3 Å².